The quantitative estimate of drug-likeness (QED) is 0.680. The lowest BCUT2D eigenvalue weighted by molar-refractivity contribution is -0.138. The molecule has 4 rings (SSSR count). The Hall–Kier alpha value is -3.35. The molecule has 2 saturated heterocycles. The van der Waals surface area contributed by atoms with Crippen LogP contribution in [-0.4, -0.2) is 52.7 Å². The van der Waals surface area contributed by atoms with Crippen LogP contribution in [0, 0.1) is 11.8 Å². The zero-order valence-electron chi connectivity index (χ0n) is 20.8. The fourth-order valence-corrected chi connectivity index (χ4v) is 4.76. The number of rotatable bonds is 6. The molecule has 7 heteroatoms. The minimum absolute atomic E-state index is 0.0231. The molecule has 2 aromatic rings. The van der Waals surface area contributed by atoms with E-state index in [1.165, 1.54) is 0 Å². The van der Waals surface area contributed by atoms with Crippen molar-refractivity contribution >= 4 is 23.4 Å². The van der Waals surface area contributed by atoms with Crippen LogP contribution in [0.5, 0.6) is 5.75 Å². The van der Waals surface area contributed by atoms with Crippen LogP contribution in [0.2, 0.25) is 0 Å². The molecule has 2 heterocycles. The Morgan fingerprint density at radius 1 is 0.971 bits per heavy atom. The maximum absolute atomic E-state index is 13.0. The highest BCUT2D eigenvalue weighted by Crippen LogP contribution is 2.29. The SMILES string of the molecule is CC(C)(C)N1CC(C(=O)N2CCC(C(=O)Nc3ccc(OCc4ccccc4)cc3)CC2)CC1=O. The smallest absolute Gasteiger partial charge is 0.227 e. The van der Waals surface area contributed by atoms with Crippen molar-refractivity contribution in [1.82, 2.24) is 9.80 Å². The summed E-state index contributed by atoms with van der Waals surface area (Å²) in [4.78, 5) is 41.8. The van der Waals surface area contributed by atoms with Gasteiger partial charge in [0.05, 0.1) is 5.92 Å². The van der Waals surface area contributed by atoms with Gasteiger partial charge in [-0.3, -0.25) is 14.4 Å². The van der Waals surface area contributed by atoms with Crippen LogP contribution in [0.15, 0.2) is 54.6 Å². The highest BCUT2D eigenvalue weighted by atomic mass is 16.5. The van der Waals surface area contributed by atoms with Gasteiger partial charge in [0, 0.05) is 43.2 Å². The predicted octanol–water partition coefficient (Wildman–Crippen LogP) is 4.09. The summed E-state index contributed by atoms with van der Waals surface area (Å²) in [6, 6.07) is 17.3. The van der Waals surface area contributed by atoms with Gasteiger partial charge in [-0.25, -0.2) is 0 Å². The molecule has 186 valence electrons. The van der Waals surface area contributed by atoms with Crippen LogP contribution in [-0.2, 0) is 21.0 Å². The Morgan fingerprint density at radius 2 is 1.63 bits per heavy atom. The molecule has 2 fully saturated rings. The highest BCUT2D eigenvalue weighted by Gasteiger charge is 2.41. The molecule has 2 aliphatic rings. The van der Waals surface area contributed by atoms with Crippen molar-refractivity contribution in [3.05, 3.63) is 60.2 Å². The second-order valence-corrected chi connectivity index (χ2v) is 10.5. The van der Waals surface area contributed by atoms with E-state index in [0.29, 0.717) is 39.1 Å². The first-order valence-electron chi connectivity index (χ1n) is 12.4. The van der Waals surface area contributed by atoms with Crippen LogP contribution in [0.4, 0.5) is 5.69 Å². The second-order valence-electron chi connectivity index (χ2n) is 10.5. The Bertz CT molecular complexity index is 1040. The van der Waals surface area contributed by atoms with Gasteiger partial charge in [-0.2, -0.15) is 0 Å². The van der Waals surface area contributed by atoms with Gasteiger partial charge in [0.2, 0.25) is 17.7 Å². The molecule has 2 aromatic carbocycles. The molecule has 0 aromatic heterocycles. The summed E-state index contributed by atoms with van der Waals surface area (Å²) >= 11 is 0. The van der Waals surface area contributed by atoms with Crippen molar-refractivity contribution in [3.63, 3.8) is 0 Å². The largest absolute Gasteiger partial charge is 0.489 e. The van der Waals surface area contributed by atoms with Crippen molar-refractivity contribution in [2.45, 2.75) is 52.2 Å². The number of ether oxygens (including phenoxy) is 1. The van der Waals surface area contributed by atoms with E-state index in [1.54, 1.807) is 4.90 Å². The molecule has 1 N–H and O–H groups in total. The minimum Gasteiger partial charge on any atom is -0.489 e. The van der Waals surface area contributed by atoms with E-state index in [2.05, 4.69) is 5.32 Å². The molecule has 35 heavy (non-hydrogen) atoms. The second kappa shape index (κ2) is 10.5. The minimum atomic E-state index is -0.283. The highest BCUT2D eigenvalue weighted by molar-refractivity contribution is 5.93. The molecule has 7 nitrogen and oxygen atoms in total. The summed E-state index contributed by atoms with van der Waals surface area (Å²) in [6.45, 7) is 8.04. The topological polar surface area (TPSA) is 79.0 Å². The maximum Gasteiger partial charge on any atom is 0.227 e. The Morgan fingerprint density at radius 3 is 2.23 bits per heavy atom. The normalized spacial score (nSPS) is 19.1. The summed E-state index contributed by atoms with van der Waals surface area (Å²) in [5.41, 5.74) is 1.55. The number of nitrogens with zero attached hydrogens (tertiary/aromatic N) is 2. The predicted molar refractivity (Wildman–Crippen MR) is 135 cm³/mol. The fraction of sp³-hybridized carbons (Fsp3) is 0.464. The molecule has 0 aliphatic carbocycles. The lowest BCUT2D eigenvalue weighted by atomic mass is 9.94. The monoisotopic (exact) mass is 477 g/mol. The molecular formula is C28H35N3O4. The Kier molecular flexibility index (Phi) is 7.43. The van der Waals surface area contributed by atoms with Crippen LogP contribution >= 0.6 is 0 Å². The van der Waals surface area contributed by atoms with Gasteiger partial charge < -0.3 is 19.9 Å². The van der Waals surface area contributed by atoms with Crippen molar-refractivity contribution in [1.29, 1.82) is 0 Å². The van der Waals surface area contributed by atoms with E-state index in [1.807, 2.05) is 80.3 Å². The molecule has 0 radical (unpaired) electrons. The van der Waals surface area contributed by atoms with Crippen LogP contribution in [0.3, 0.4) is 0 Å². The van der Waals surface area contributed by atoms with Crippen LogP contribution in [0.25, 0.3) is 0 Å². The van der Waals surface area contributed by atoms with Crippen molar-refractivity contribution < 1.29 is 19.1 Å². The average molecular weight is 478 g/mol. The summed E-state index contributed by atoms with van der Waals surface area (Å²) < 4.78 is 5.80. The van der Waals surface area contributed by atoms with Gasteiger partial charge in [-0.1, -0.05) is 30.3 Å². The number of carbonyl (C=O) groups is 3. The zero-order chi connectivity index (χ0) is 25.0. The van der Waals surface area contributed by atoms with Crippen molar-refractivity contribution in [2.24, 2.45) is 11.8 Å². The first kappa shape index (κ1) is 24.8. The number of benzene rings is 2. The Balaban J connectivity index is 1.23. The molecule has 3 amide bonds. The van der Waals surface area contributed by atoms with E-state index >= 15 is 0 Å². The fourth-order valence-electron chi connectivity index (χ4n) is 4.76. The summed E-state index contributed by atoms with van der Waals surface area (Å²) in [5, 5.41) is 2.99. The number of carbonyl (C=O) groups excluding carboxylic acids is 3. The maximum atomic E-state index is 13.0. The molecular weight excluding hydrogens is 442 g/mol. The molecule has 0 bridgehead atoms. The number of likely N-dealkylation sites (tertiary alicyclic amines) is 2. The zero-order valence-corrected chi connectivity index (χ0v) is 20.8. The van der Waals surface area contributed by atoms with E-state index in [0.717, 1.165) is 17.0 Å². The number of piperidine rings is 1. The van der Waals surface area contributed by atoms with Gasteiger partial charge in [0.25, 0.3) is 0 Å². The number of anilines is 1. The summed E-state index contributed by atoms with van der Waals surface area (Å²) in [6.07, 6.45) is 1.53. The van der Waals surface area contributed by atoms with E-state index in [-0.39, 0.29) is 41.5 Å². The molecule has 2 aliphatic heterocycles. The van der Waals surface area contributed by atoms with E-state index in [4.69, 9.17) is 4.74 Å². The molecule has 1 atom stereocenters. The third-order valence-corrected chi connectivity index (χ3v) is 6.83. The van der Waals surface area contributed by atoms with Crippen LogP contribution < -0.4 is 10.1 Å². The van der Waals surface area contributed by atoms with Gasteiger partial charge in [0.15, 0.2) is 0 Å². The third-order valence-electron chi connectivity index (χ3n) is 6.83. The van der Waals surface area contributed by atoms with Crippen LogP contribution in [0.1, 0.15) is 45.6 Å². The molecule has 1 unspecified atom stereocenters. The lowest BCUT2D eigenvalue weighted by Gasteiger charge is -2.34. The van der Waals surface area contributed by atoms with Gasteiger partial charge in [0.1, 0.15) is 12.4 Å². The summed E-state index contributed by atoms with van der Waals surface area (Å²) in [7, 11) is 0. The average Bonchev–Trinajstić information content (AvgIpc) is 3.26. The van der Waals surface area contributed by atoms with E-state index < -0.39 is 0 Å². The number of nitrogens with one attached hydrogen (secondary N) is 1. The van der Waals surface area contributed by atoms with Gasteiger partial charge in [-0.15, -0.1) is 0 Å². The number of amides is 3. The van der Waals surface area contributed by atoms with E-state index in [9.17, 15) is 14.4 Å². The standard InChI is InChI=1S/C28H35N3O4/c1-28(2,3)31-18-22(17-25(31)32)27(34)30-15-13-21(14-16-30)26(33)29-23-9-11-24(12-10-23)35-19-20-7-5-4-6-8-20/h4-12,21-22H,13-19H2,1-3H3,(H,29,33). The first-order chi connectivity index (χ1) is 16.7. The van der Waals surface area contributed by atoms with Crippen molar-refractivity contribution in [2.75, 3.05) is 25.0 Å². The first-order valence-corrected chi connectivity index (χ1v) is 12.4. The van der Waals surface area contributed by atoms with Crippen molar-refractivity contribution in [3.8, 4) is 5.75 Å². The van der Waals surface area contributed by atoms with Gasteiger partial charge >= 0.3 is 0 Å². The van der Waals surface area contributed by atoms with Gasteiger partial charge in [-0.05, 0) is 63.4 Å². The number of hydrogen-bond acceptors (Lipinski definition) is 4. The Labute approximate surface area is 207 Å². The lowest BCUT2D eigenvalue weighted by Crippen LogP contribution is -2.46. The molecule has 0 saturated carbocycles. The molecule has 0 spiro atoms. The summed E-state index contributed by atoms with van der Waals surface area (Å²) in [5.74, 6) is 0.384. The third kappa shape index (κ3) is 6.21. The number of hydrogen-bond donors (Lipinski definition) is 1.